The molecule has 1 saturated heterocycles. The molecule has 0 spiro atoms. The van der Waals surface area contributed by atoms with Gasteiger partial charge < -0.3 is 14.8 Å². The smallest absolute Gasteiger partial charge is 0.179 e. The molecule has 1 unspecified atom stereocenters. The maximum absolute atomic E-state index is 6.36. The molecule has 2 aliphatic heterocycles. The Bertz CT molecular complexity index is 510. The van der Waals surface area contributed by atoms with Crippen molar-refractivity contribution in [2.45, 2.75) is 45.1 Å². The maximum atomic E-state index is 6.36. The van der Waals surface area contributed by atoms with Crippen LogP contribution in [0.4, 0.5) is 0 Å². The summed E-state index contributed by atoms with van der Waals surface area (Å²) in [5.41, 5.74) is 1.45. The number of nitrogens with one attached hydrogen (secondary N) is 1. The van der Waals surface area contributed by atoms with E-state index in [-0.39, 0.29) is 5.54 Å². The molecule has 3 rings (SSSR count). The number of ether oxygens (including phenoxy) is 2. The van der Waals surface area contributed by atoms with Gasteiger partial charge in [-0.25, -0.2) is 0 Å². The molecule has 1 aromatic rings. The second-order valence-electron chi connectivity index (χ2n) is 6.69. The summed E-state index contributed by atoms with van der Waals surface area (Å²) in [5, 5.41) is 4.40. The van der Waals surface area contributed by atoms with Crippen molar-refractivity contribution in [3.05, 3.63) is 22.7 Å². The van der Waals surface area contributed by atoms with E-state index in [4.69, 9.17) is 21.1 Å². The highest BCUT2D eigenvalue weighted by Crippen LogP contribution is 2.40. The zero-order chi connectivity index (χ0) is 14.9. The van der Waals surface area contributed by atoms with E-state index in [0.29, 0.717) is 29.9 Å². The Morgan fingerprint density at radius 2 is 2.10 bits per heavy atom. The highest BCUT2D eigenvalue weighted by Gasteiger charge is 2.34. The normalized spacial score (nSPS) is 24.6. The van der Waals surface area contributed by atoms with Gasteiger partial charge in [-0.3, -0.25) is 0 Å². The summed E-state index contributed by atoms with van der Waals surface area (Å²) in [4.78, 5) is 0. The van der Waals surface area contributed by atoms with Gasteiger partial charge in [-0.2, -0.15) is 0 Å². The lowest BCUT2D eigenvalue weighted by Gasteiger charge is -2.32. The van der Waals surface area contributed by atoms with Gasteiger partial charge >= 0.3 is 0 Å². The van der Waals surface area contributed by atoms with E-state index in [9.17, 15) is 0 Å². The summed E-state index contributed by atoms with van der Waals surface area (Å²) in [7, 11) is 0. The Balaban J connectivity index is 1.84. The summed E-state index contributed by atoms with van der Waals surface area (Å²) in [6.07, 6.45) is 4.68. The third-order valence-corrected chi connectivity index (χ3v) is 4.61. The minimum Gasteiger partial charge on any atom is -0.486 e. The quantitative estimate of drug-likeness (QED) is 0.917. The molecule has 0 aliphatic carbocycles. The van der Waals surface area contributed by atoms with Crippen LogP contribution in [-0.4, -0.2) is 25.3 Å². The molecule has 0 amide bonds. The van der Waals surface area contributed by atoms with E-state index in [0.717, 1.165) is 18.7 Å². The van der Waals surface area contributed by atoms with Crippen molar-refractivity contribution >= 4 is 11.6 Å². The molecule has 1 fully saturated rings. The van der Waals surface area contributed by atoms with Crippen molar-refractivity contribution in [1.29, 1.82) is 0 Å². The van der Waals surface area contributed by atoms with Crippen molar-refractivity contribution in [1.82, 2.24) is 5.32 Å². The molecule has 3 nitrogen and oxygen atoms in total. The van der Waals surface area contributed by atoms with Crippen molar-refractivity contribution < 1.29 is 9.47 Å². The van der Waals surface area contributed by atoms with E-state index in [2.05, 4.69) is 25.2 Å². The Hall–Kier alpha value is -0.930. The van der Waals surface area contributed by atoms with Gasteiger partial charge in [0.05, 0.1) is 5.02 Å². The minimum absolute atomic E-state index is 0.210. The molecular formula is C17H24ClNO2. The SMILES string of the molecule is CC(C)CC1(Cc2cc(Cl)c3c(c2)OCCO3)CCCN1. The molecule has 0 saturated carbocycles. The van der Waals surface area contributed by atoms with E-state index >= 15 is 0 Å². The standard InChI is InChI=1S/C17H24ClNO2/c1-12(2)10-17(4-3-5-19-17)11-13-8-14(18)16-15(9-13)20-6-7-21-16/h8-9,12,19H,3-7,10-11H2,1-2H3. The van der Waals surface area contributed by atoms with E-state index < -0.39 is 0 Å². The topological polar surface area (TPSA) is 30.5 Å². The molecule has 2 aliphatic rings. The molecule has 1 N–H and O–H groups in total. The first-order valence-electron chi connectivity index (χ1n) is 7.91. The summed E-state index contributed by atoms with van der Waals surface area (Å²) >= 11 is 6.36. The first-order valence-corrected chi connectivity index (χ1v) is 8.29. The van der Waals surface area contributed by atoms with Crippen LogP contribution in [0.2, 0.25) is 5.02 Å². The van der Waals surface area contributed by atoms with Gasteiger partial charge in [-0.1, -0.05) is 25.4 Å². The highest BCUT2D eigenvalue weighted by atomic mass is 35.5. The van der Waals surface area contributed by atoms with E-state index in [1.165, 1.54) is 24.8 Å². The van der Waals surface area contributed by atoms with Crippen LogP contribution in [0.1, 0.15) is 38.7 Å². The third kappa shape index (κ3) is 3.29. The summed E-state index contributed by atoms with van der Waals surface area (Å²) in [5.74, 6) is 2.17. The van der Waals surface area contributed by atoms with Crippen molar-refractivity contribution in [3.63, 3.8) is 0 Å². The fourth-order valence-corrected chi connectivity index (χ4v) is 3.99. The number of fused-ring (bicyclic) bond motifs is 1. The van der Waals surface area contributed by atoms with Crippen LogP contribution in [0.3, 0.4) is 0 Å². The lowest BCUT2D eigenvalue weighted by atomic mass is 9.82. The molecular weight excluding hydrogens is 286 g/mol. The zero-order valence-electron chi connectivity index (χ0n) is 12.9. The predicted octanol–water partition coefficient (Wildman–Crippen LogP) is 3.82. The monoisotopic (exact) mass is 309 g/mol. The Morgan fingerprint density at radius 3 is 2.81 bits per heavy atom. The molecule has 116 valence electrons. The third-order valence-electron chi connectivity index (χ3n) is 4.33. The van der Waals surface area contributed by atoms with Crippen LogP contribution >= 0.6 is 11.6 Å². The van der Waals surface area contributed by atoms with Crippen LogP contribution in [0.5, 0.6) is 11.5 Å². The van der Waals surface area contributed by atoms with Crippen LogP contribution in [0, 0.1) is 5.92 Å². The van der Waals surface area contributed by atoms with Gasteiger partial charge in [0.25, 0.3) is 0 Å². The van der Waals surface area contributed by atoms with Gasteiger partial charge in [0.1, 0.15) is 13.2 Å². The first kappa shape index (κ1) is 15.0. The summed E-state index contributed by atoms with van der Waals surface area (Å²) in [6.45, 7) is 6.87. The maximum Gasteiger partial charge on any atom is 0.179 e. The lowest BCUT2D eigenvalue weighted by Crippen LogP contribution is -2.43. The van der Waals surface area contributed by atoms with Gasteiger partial charge in [0, 0.05) is 5.54 Å². The van der Waals surface area contributed by atoms with E-state index in [1.807, 2.05) is 6.07 Å². The fourth-order valence-electron chi connectivity index (χ4n) is 3.70. The van der Waals surface area contributed by atoms with Crippen molar-refractivity contribution in [2.75, 3.05) is 19.8 Å². The molecule has 4 heteroatoms. The van der Waals surface area contributed by atoms with Crippen LogP contribution in [0.15, 0.2) is 12.1 Å². The molecule has 0 bridgehead atoms. The molecule has 0 aromatic heterocycles. The Labute approximate surface area is 132 Å². The molecule has 1 atom stereocenters. The number of benzene rings is 1. The molecule has 1 aromatic carbocycles. The average molecular weight is 310 g/mol. The minimum atomic E-state index is 0.210. The summed E-state index contributed by atoms with van der Waals surface area (Å²) in [6, 6.07) is 4.14. The lowest BCUT2D eigenvalue weighted by molar-refractivity contribution is 0.171. The summed E-state index contributed by atoms with van der Waals surface area (Å²) < 4.78 is 11.3. The number of hydrogen-bond donors (Lipinski definition) is 1. The zero-order valence-corrected chi connectivity index (χ0v) is 13.6. The van der Waals surface area contributed by atoms with Gasteiger partial charge in [0.15, 0.2) is 11.5 Å². The van der Waals surface area contributed by atoms with Crippen LogP contribution in [0.25, 0.3) is 0 Å². The molecule has 0 radical (unpaired) electrons. The van der Waals surface area contributed by atoms with Crippen LogP contribution < -0.4 is 14.8 Å². The average Bonchev–Trinajstić information content (AvgIpc) is 2.86. The van der Waals surface area contributed by atoms with Gasteiger partial charge in [0.2, 0.25) is 0 Å². The van der Waals surface area contributed by atoms with Gasteiger partial charge in [-0.05, 0) is 55.8 Å². The number of rotatable bonds is 4. The molecule has 21 heavy (non-hydrogen) atoms. The first-order chi connectivity index (χ1) is 10.1. The second-order valence-corrected chi connectivity index (χ2v) is 7.09. The Kier molecular flexibility index (Phi) is 4.32. The highest BCUT2D eigenvalue weighted by molar-refractivity contribution is 6.32. The molecule has 2 heterocycles. The van der Waals surface area contributed by atoms with E-state index in [1.54, 1.807) is 0 Å². The van der Waals surface area contributed by atoms with Crippen molar-refractivity contribution in [3.8, 4) is 11.5 Å². The number of hydrogen-bond acceptors (Lipinski definition) is 3. The Morgan fingerprint density at radius 1 is 1.29 bits per heavy atom. The van der Waals surface area contributed by atoms with Crippen molar-refractivity contribution in [2.24, 2.45) is 5.92 Å². The predicted molar refractivity (Wildman–Crippen MR) is 85.6 cm³/mol. The largest absolute Gasteiger partial charge is 0.486 e. The second kappa shape index (κ2) is 6.05. The fraction of sp³-hybridized carbons (Fsp3) is 0.647. The number of halogens is 1. The van der Waals surface area contributed by atoms with Gasteiger partial charge in [-0.15, -0.1) is 0 Å². The van der Waals surface area contributed by atoms with Crippen LogP contribution in [-0.2, 0) is 6.42 Å².